The summed E-state index contributed by atoms with van der Waals surface area (Å²) >= 11 is 9.64. The summed E-state index contributed by atoms with van der Waals surface area (Å²) in [4.78, 5) is 5.06. The minimum absolute atomic E-state index is 0.689. The number of rotatable bonds is 5. The topological polar surface area (TPSA) is 6.48 Å². The lowest BCUT2D eigenvalue weighted by Gasteiger charge is -2.27. The number of alkyl halides is 1. The van der Waals surface area contributed by atoms with Crippen LogP contribution in [0.25, 0.3) is 0 Å². The van der Waals surface area contributed by atoms with Crippen LogP contribution in [-0.4, -0.2) is 37.1 Å². The zero-order valence-corrected chi connectivity index (χ0v) is 14.0. The Morgan fingerprint density at radius 2 is 2.11 bits per heavy atom. The zero-order chi connectivity index (χ0) is 13.8. The standard InChI is InChI=1S/C15H22BrClN2/c1-3-18(4-2)14-7-8-19(11-14)15-6-5-13(17)9-12(15)10-16/h5-6,9,14H,3-4,7-8,10-11H2,1-2H3. The van der Waals surface area contributed by atoms with Crippen LogP contribution in [0.15, 0.2) is 18.2 Å². The summed E-state index contributed by atoms with van der Waals surface area (Å²) in [5, 5.41) is 1.67. The Labute approximate surface area is 129 Å². The first-order valence-corrected chi connectivity index (χ1v) is 8.52. The molecule has 2 rings (SSSR count). The van der Waals surface area contributed by atoms with Crippen LogP contribution in [0.5, 0.6) is 0 Å². The first-order chi connectivity index (χ1) is 9.19. The summed E-state index contributed by atoms with van der Waals surface area (Å²) in [5.74, 6) is 0. The number of nitrogens with zero attached hydrogens (tertiary/aromatic N) is 2. The third-order valence-corrected chi connectivity index (χ3v) is 4.86. The smallest absolute Gasteiger partial charge is 0.0410 e. The number of hydrogen-bond donors (Lipinski definition) is 0. The average Bonchev–Trinajstić information content (AvgIpc) is 2.89. The molecule has 0 saturated carbocycles. The number of benzene rings is 1. The molecule has 1 aromatic carbocycles. The number of likely N-dealkylation sites (N-methyl/N-ethyl adjacent to an activating group) is 1. The highest BCUT2D eigenvalue weighted by atomic mass is 79.9. The molecule has 1 atom stereocenters. The molecule has 106 valence electrons. The van der Waals surface area contributed by atoms with Crippen LogP contribution >= 0.6 is 27.5 Å². The molecular weight excluding hydrogens is 324 g/mol. The lowest BCUT2D eigenvalue weighted by molar-refractivity contribution is 0.232. The quantitative estimate of drug-likeness (QED) is 0.740. The summed E-state index contributed by atoms with van der Waals surface area (Å²) in [6.07, 6.45) is 1.26. The second-order valence-corrected chi connectivity index (χ2v) is 6.01. The number of anilines is 1. The molecule has 0 N–H and O–H groups in total. The van der Waals surface area contributed by atoms with Gasteiger partial charge in [0.05, 0.1) is 0 Å². The van der Waals surface area contributed by atoms with E-state index in [1.165, 1.54) is 17.7 Å². The van der Waals surface area contributed by atoms with Gasteiger partial charge in [-0.25, -0.2) is 0 Å². The second kappa shape index (κ2) is 6.96. The van der Waals surface area contributed by atoms with Crippen molar-refractivity contribution in [3.05, 3.63) is 28.8 Å². The Morgan fingerprint density at radius 1 is 1.37 bits per heavy atom. The molecule has 0 aliphatic carbocycles. The highest BCUT2D eigenvalue weighted by Gasteiger charge is 2.27. The van der Waals surface area contributed by atoms with E-state index in [2.05, 4.69) is 51.7 Å². The Kier molecular flexibility index (Phi) is 5.55. The van der Waals surface area contributed by atoms with Gasteiger partial charge in [0, 0.05) is 35.2 Å². The van der Waals surface area contributed by atoms with Crippen LogP contribution in [0.2, 0.25) is 5.02 Å². The van der Waals surface area contributed by atoms with Crippen molar-refractivity contribution in [3.8, 4) is 0 Å². The second-order valence-electron chi connectivity index (χ2n) is 5.02. The molecule has 0 amide bonds. The van der Waals surface area contributed by atoms with Gasteiger partial charge in [-0.1, -0.05) is 41.4 Å². The molecule has 0 radical (unpaired) electrons. The molecule has 1 heterocycles. The summed E-state index contributed by atoms with van der Waals surface area (Å²) < 4.78 is 0. The molecule has 1 saturated heterocycles. The predicted octanol–water partition coefficient (Wildman–Crippen LogP) is 4.16. The van der Waals surface area contributed by atoms with Crippen LogP contribution in [-0.2, 0) is 5.33 Å². The third-order valence-electron chi connectivity index (χ3n) is 4.02. The van der Waals surface area contributed by atoms with Crippen LogP contribution in [0.4, 0.5) is 5.69 Å². The first-order valence-electron chi connectivity index (χ1n) is 7.03. The highest BCUT2D eigenvalue weighted by molar-refractivity contribution is 9.08. The summed E-state index contributed by atoms with van der Waals surface area (Å²) in [7, 11) is 0. The molecule has 0 spiro atoms. The number of halogens is 2. The van der Waals surface area contributed by atoms with Crippen molar-refractivity contribution in [2.45, 2.75) is 31.6 Å². The molecule has 0 aromatic heterocycles. The number of hydrogen-bond acceptors (Lipinski definition) is 2. The maximum Gasteiger partial charge on any atom is 0.0410 e. The molecule has 0 bridgehead atoms. The van der Waals surface area contributed by atoms with Gasteiger partial charge in [-0.3, -0.25) is 4.90 Å². The minimum Gasteiger partial charge on any atom is -0.370 e. The van der Waals surface area contributed by atoms with Gasteiger partial charge in [0.15, 0.2) is 0 Å². The lowest BCUT2D eigenvalue weighted by Crippen LogP contribution is -2.37. The SMILES string of the molecule is CCN(CC)C1CCN(c2ccc(Cl)cc2CBr)C1. The molecule has 1 aromatic rings. The molecule has 1 aliphatic rings. The predicted molar refractivity (Wildman–Crippen MR) is 87.6 cm³/mol. The van der Waals surface area contributed by atoms with Crippen molar-refractivity contribution in [1.82, 2.24) is 4.90 Å². The van der Waals surface area contributed by atoms with Crippen LogP contribution < -0.4 is 4.90 Å². The lowest BCUT2D eigenvalue weighted by atomic mass is 10.2. The summed E-state index contributed by atoms with van der Waals surface area (Å²) in [6.45, 7) is 9.05. The van der Waals surface area contributed by atoms with E-state index in [0.717, 1.165) is 36.5 Å². The van der Waals surface area contributed by atoms with Crippen LogP contribution in [0, 0.1) is 0 Å². The monoisotopic (exact) mass is 344 g/mol. The third kappa shape index (κ3) is 3.45. The van der Waals surface area contributed by atoms with Crippen molar-refractivity contribution in [2.75, 3.05) is 31.1 Å². The van der Waals surface area contributed by atoms with E-state index in [-0.39, 0.29) is 0 Å². The fourth-order valence-electron chi connectivity index (χ4n) is 2.97. The molecule has 19 heavy (non-hydrogen) atoms. The molecule has 1 unspecified atom stereocenters. The van der Waals surface area contributed by atoms with E-state index in [9.17, 15) is 0 Å². The van der Waals surface area contributed by atoms with Gasteiger partial charge in [0.25, 0.3) is 0 Å². The largest absolute Gasteiger partial charge is 0.370 e. The van der Waals surface area contributed by atoms with E-state index in [1.54, 1.807) is 0 Å². The van der Waals surface area contributed by atoms with Gasteiger partial charge >= 0.3 is 0 Å². The van der Waals surface area contributed by atoms with Gasteiger partial charge in [0.1, 0.15) is 0 Å². The molecule has 2 nitrogen and oxygen atoms in total. The van der Waals surface area contributed by atoms with Crippen LogP contribution in [0.3, 0.4) is 0 Å². The van der Waals surface area contributed by atoms with Crippen molar-refractivity contribution in [3.63, 3.8) is 0 Å². The van der Waals surface area contributed by atoms with E-state index >= 15 is 0 Å². The fourth-order valence-corrected chi connectivity index (χ4v) is 3.61. The maximum absolute atomic E-state index is 6.08. The van der Waals surface area contributed by atoms with E-state index in [4.69, 9.17) is 11.6 Å². The molecule has 4 heteroatoms. The van der Waals surface area contributed by atoms with Gasteiger partial charge in [0.2, 0.25) is 0 Å². The highest BCUT2D eigenvalue weighted by Crippen LogP contribution is 2.30. The first kappa shape index (κ1) is 15.1. The van der Waals surface area contributed by atoms with Gasteiger partial charge < -0.3 is 4.90 Å². The Morgan fingerprint density at radius 3 is 2.74 bits per heavy atom. The summed E-state index contributed by atoms with van der Waals surface area (Å²) in [5.41, 5.74) is 2.61. The Balaban J connectivity index is 2.12. The summed E-state index contributed by atoms with van der Waals surface area (Å²) in [6, 6.07) is 6.90. The van der Waals surface area contributed by atoms with Gasteiger partial charge in [-0.15, -0.1) is 0 Å². The maximum atomic E-state index is 6.08. The molecule has 1 aliphatic heterocycles. The van der Waals surface area contributed by atoms with Gasteiger partial charge in [-0.05, 0) is 43.3 Å². The van der Waals surface area contributed by atoms with Gasteiger partial charge in [-0.2, -0.15) is 0 Å². The van der Waals surface area contributed by atoms with Crippen molar-refractivity contribution < 1.29 is 0 Å². The fraction of sp³-hybridized carbons (Fsp3) is 0.600. The van der Waals surface area contributed by atoms with E-state index in [1.807, 2.05) is 6.07 Å². The minimum atomic E-state index is 0.689. The van der Waals surface area contributed by atoms with Crippen molar-refractivity contribution in [2.24, 2.45) is 0 Å². The Hall–Kier alpha value is -0.250. The Bertz CT molecular complexity index is 421. The van der Waals surface area contributed by atoms with Crippen LogP contribution in [0.1, 0.15) is 25.8 Å². The average molecular weight is 346 g/mol. The van der Waals surface area contributed by atoms with E-state index < -0.39 is 0 Å². The van der Waals surface area contributed by atoms with Crippen molar-refractivity contribution in [1.29, 1.82) is 0 Å². The van der Waals surface area contributed by atoms with E-state index in [0.29, 0.717) is 6.04 Å². The van der Waals surface area contributed by atoms with Crippen molar-refractivity contribution >= 4 is 33.2 Å². The zero-order valence-electron chi connectivity index (χ0n) is 11.7. The normalized spacial score (nSPS) is 19.4. The molecule has 1 fully saturated rings. The molecular formula is C15H22BrClN2.